The number of hydrogen-bond donors (Lipinski definition) is 2. The number of aliphatic hydroxyl groups is 1. The Hall–Kier alpha value is -1.55. The largest absolute Gasteiger partial charge is 0.388 e. The van der Waals surface area contributed by atoms with E-state index in [4.69, 9.17) is 0 Å². The van der Waals surface area contributed by atoms with Gasteiger partial charge in [-0.25, -0.2) is 4.98 Å². The Morgan fingerprint density at radius 1 is 1.37 bits per heavy atom. The maximum atomic E-state index is 10.3. The van der Waals surface area contributed by atoms with E-state index in [-0.39, 0.29) is 0 Å². The van der Waals surface area contributed by atoms with Crippen LogP contribution < -0.4 is 5.32 Å². The van der Waals surface area contributed by atoms with Gasteiger partial charge < -0.3 is 15.0 Å². The van der Waals surface area contributed by atoms with Crippen molar-refractivity contribution in [1.29, 1.82) is 0 Å². The van der Waals surface area contributed by atoms with Crippen molar-refractivity contribution < 1.29 is 5.11 Å². The zero-order valence-corrected chi connectivity index (χ0v) is 12.1. The fraction of sp³-hybridized carbons (Fsp3) is 0.533. The Bertz CT molecular complexity index is 558. The maximum absolute atomic E-state index is 10.3. The maximum Gasteiger partial charge on any atom is 0.203 e. The first-order valence-corrected chi connectivity index (χ1v) is 6.77. The van der Waals surface area contributed by atoms with Gasteiger partial charge in [0.2, 0.25) is 5.95 Å². The Kier molecular flexibility index (Phi) is 3.80. The molecule has 1 unspecified atom stereocenters. The molecule has 1 atom stereocenters. The quantitative estimate of drug-likeness (QED) is 0.870. The predicted molar refractivity (Wildman–Crippen MR) is 79.3 cm³/mol. The van der Waals surface area contributed by atoms with Crippen LogP contribution in [-0.2, 0) is 7.05 Å². The molecular weight excluding hydrogens is 238 g/mol. The molecule has 19 heavy (non-hydrogen) atoms. The second-order valence-electron chi connectivity index (χ2n) is 5.93. The summed E-state index contributed by atoms with van der Waals surface area (Å²) in [6.07, 6.45) is 0.768. The summed E-state index contributed by atoms with van der Waals surface area (Å²) in [5, 5.41) is 13.6. The van der Waals surface area contributed by atoms with Crippen molar-refractivity contribution in [3.05, 3.63) is 24.3 Å². The van der Waals surface area contributed by atoms with E-state index in [1.807, 2.05) is 42.8 Å². The molecule has 2 aromatic rings. The Labute approximate surface area is 114 Å². The minimum Gasteiger partial charge on any atom is -0.388 e. The van der Waals surface area contributed by atoms with Gasteiger partial charge in [0, 0.05) is 13.6 Å². The second kappa shape index (κ2) is 5.21. The third-order valence-corrected chi connectivity index (χ3v) is 3.26. The van der Waals surface area contributed by atoms with Gasteiger partial charge in [0.05, 0.1) is 16.6 Å². The summed E-state index contributed by atoms with van der Waals surface area (Å²) in [7, 11) is 1.98. The van der Waals surface area contributed by atoms with Crippen molar-refractivity contribution in [2.45, 2.75) is 32.8 Å². The molecule has 2 rings (SSSR count). The molecule has 0 aliphatic carbocycles. The molecule has 0 radical (unpaired) electrons. The summed E-state index contributed by atoms with van der Waals surface area (Å²) in [5.41, 5.74) is 1.34. The van der Waals surface area contributed by atoms with Crippen LogP contribution in [0.15, 0.2) is 24.3 Å². The van der Waals surface area contributed by atoms with Crippen LogP contribution in [-0.4, -0.2) is 26.8 Å². The van der Waals surface area contributed by atoms with Gasteiger partial charge in [0.25, 0.3) is 0 Å². The fourth-order valence-corrected chi connectivity index (χ4v) is 2.52. The average molecular weight is 261 g/mol. The number of aryl methyl sites for hydroxylation is 1. The fourth-order valence-electron chi connectivity index (χ4n) is 2.52. The van der Waals surface area contributed by atoms with Gasteiger partial charge in [-0.2, -0.15) is 0 Å². The van der Waals surface area contributed by atoms with Crippen molar-refractivity contribution >= 4 is 17.0 Å². The van der Waals surface area contributed by atoms with Gasteiger partial charge in [0.1, 0.15) is 0 Å². The number of nitrogens with zero attached hydrogens (tertiary/aromatic N) is 2. The highest BCUT2D eigenvalue weighted by Gasteiger charge is 2.22. The molecule has 0 spiro atoms. The zero-order chi connectivity index (χ0) is 14.0. The van der Waals surface area contributed by atoms with Gasteiger partial charge >= 0.3 is 0 Å². The molecule has 4 heteroatoms. The SMILES string of the molecule is CC(C)CC(C)(O)CNc1nc2ccccc2n1C. The van der Waals surface area contributed by atoms with Crippen LogP contribution in [0.4, 0.5) is 5.95 Å². The number of anilines is 1. The lowest BCUT2D eigenvalue weighted by Crippen LogP contribution is -2.35. The van der Waals surface area contributed by atoms with Crippen molar-refractivity contribution in [2.24, 2.45) is 13.0 Å². The van der Waals surface area contributed by atoms with Crippen LogP contribution in [0.1, 0.15) is 27.2 Å². The number of imidazole rings is 1. The van der Waals surface area contributed by atoms with Gasteiger partial charge in [0.15, 0.2) is 0 Å². The first-order chi connectivity index (χ1) is 8.89. The van der Waals surface area contributed by atoms with Crippen LogP contribution in [0.2, 0.25) is 0 Å². The Morgan fingerprint density at radius 3 is 2.68 bits per heavy atom. The third-order valence-electron chi connectivity index (χ3n) is 3.26. The lowest BCUT2D eigenvalue weighted by molar-refractivity contribution is 0.0513. The standard InChI is InChI=1S/C15H23N3O/c1-11(2)9-15(3,19)10-16-14-17-12-7-5-6-8-13(12)18(14)4/h5-8,11,19H,9-10H2,1-4H3,(H,16,17). The normalized spacial score (nSPS) is 14.8. The van der Waals surface area contributed by atoms with E-state index in [0.717, 1.165) is 23.4 Å². The average Bonchev–Trinajstić information content (AvgIpc) is 2.63. The summed E-state index contributed by atoms with van der Waals surface area (Å²) in [6, 6.07) is 8.02. The molecule has 1 aromatic carbocycles. The summed E-state index contributed by atoms with van der Waals surface area (Å²) < 4.78 is 2.01. The van der Waals surface area contributed by atoms with E-state index in [0.29, 0.717) is 12.5 Å². The molecule has 0 saturated heterocycles. The minimum absolute atomic E-state index is 0.470. The first-order valence-electron chi connectivity index (χ1n) is 6.77. The van der Waals surface area contributed by atoms with E-state index in [1.165, 1.54) is 0 Å². The predicted octanol–water partition coefficient (Wildman–Crippen LogP) is 2.78. The molecule has 104 valence electrons. The van der Waals surface area contributed by atoms with Gasteiger partial charge in [-0.05, 0) is 31.4 Å². The highest BCUT2D eigenvalue weighted by atomic mass is 16.3. The van der Waals surface area contributed by atoms with Gasteiger partial charge in [-0.3, -0.25) is 0 Å². The summed E-state index contributed by atoms with van der Waals surface area (Å²) in [5.74, 6) is 1.27. The van der Waals surface area contributed by atoms with E-state index in [1.54, 1.807) is 0 Å². The zero-order valence-electron chi connectivity index (χ0n) is 12.1. The Morgan fingerprint density at radius 2 is 2.05 bits per heavy atom. The highest BCUT2D eigenvalue weighted by molar-refractivity contribution is 5.78. The third kappa shape index (κ3) is 3.26. The van der Waals surface area contributed by atoms with E-state index in [2.05, 4.69) is 24.1 Å². The number of rotatable bonds is 5. The van der Waals surface area contributed by atoms with Crippen molar-refractivity contribution in [1.82, 2.24) is 9.55 Å². The van der Waals surface area contributed by atoms with Crippen LogP contribution in [0.5, 0.6) is 0 Å². The van der Waals surface area contributed by atoms with Crippen LogP contribution in [0.25, 0.3) is 11.0 Å². The number of aromatic nitrogens is 2. The Balaban J connectivity index is 2.12. The topological polar surface area (TPSA) is 50.1 Å². The van der Waals surface area contributed by atoms with E-state index >= 15 is 0 Å². The van der Waals surface area contributed by atoms with Gasteiger partial charge in [-0.1, -0.05) is 26.0 Å². The van der Waals surface area contributed by atoms with Crippen molar-refractivity contribution in [2.75, 3.05) is 11.9 Å². The highest BCUT2D eigenvalue weighted by Crippen LogP contribution is 2.20. The van der Waals surface area contributed by atoms with Crippen molar-refractivity contribution in [3.63, 3.8) is 0 Å². The molecule has 2 N–H and O–H groups in total. The lowest BCUT2D eigenvalue weighted by atomic mass is 9.94. The molecule has 1 heterocycles. The molecular formula is C15H23N3O. The lowest BCUT2D eigenvalue weighted by Gasteiger charge is -2.25. The van der Waals surface area contributed by atoms with E-state index < -0.39 is 5.60 Å². The number of hydrogen-bond acceptors (Lipinski definition) is 3. The van der Waals surface area contributed by atoms with E-state index in [9.17, 15) is 5.11 Å². The monoisotopic (exact) mass is 261 g/mol. The molecule has 0 fully saturated rings. The first kappa shape index (κ1) is 13.9. The summed E-state index contributed by atoms with van der Waals surface area (Å²) >= 11 is 0. The number of nitrogens with one attached hydrogen (secondary N) is 1. The summed E-state index contributed by atoms with van der Waals surface area (Å²) in [6.45, 7) is 6.60. The second-order valence-corrected chi connectivity index (χ2v) is 5.93. The van der Waals surface area contributed by atoms with Crippen LogP contribution in [0, 0.1) is 5.92 Å². The smallest absolute Gasteiger partial charge is 0.203 e. The molecule has 0 aliphatic rings. The molecule has 0 amide bonds. The number of benzene rings is 1. The molecule has 0 bridgehead atoms. The van der Waals surface area contributed by atoms with Crippen LogP contribution in [0.3, 0.4) is 0 Å². The molecule has 4 nitrogen and oxygen atoms in total. The number of para-hydroxylation sites is 2. The summed E-state index contributed by atoms with van der Waals surface area (Å²) in [4.78, 5) is 4.54. The van der Waals surface area contributed by atoms with Gasteiger partial charge in [-0.15, -0.1) is 0 Å². The van der Waals surface area contributed by atoms with Crippen molar-refractivity contribution in [3.8, 4) is 0 Å². The molecule has 0 aliphatic heterocycles. The minimum atomic E-state index is -0.716. The van der Waals surface area contributed by atoms with Crippen LogP contribution >= 0.6 is 0 Å². The number of fused-ring (bicyclic) bond motifs is 1. The molecule has 1 aromatic heterocycles. The molecule has 0 saturated carbocycles.